The van der Waals surface area contributed by atoms with Gasteiger partial charge in [0.05, 0.1) is 5.92 Å². The van der Waals surface area contributed by atoms with Crippen molar-refractivity contribution in [2.75, 3.05) is 23.3 Å². The summed E-state index contributed by atoms with van der Waals surface area (Å²) < 4.78 is 6.43. The average molecular weight is 339 g/mol. The lowest BCUT2D eigenvalue weighted by Gasteiger charge is -2.32. The predicted molar refractivity (Wildman–Crippen MR) is 89.2 cm³/mol. The van der Waals surface area contributed by atoms with Gasteiger partial charge in [-0.15, -0.1) is 0 Å². The summed E-state index contributed by atoms with van der Waals surface area (Å²) in [6.45, 7) is 1.45. The molecule has 9 heteroatoms. The van der Waals surface area contributed by atoms with Crippen LogP contribution in [0.3, 0.4) is 0 Å². The van der Waals surface area contributed by atoms with Crippen LogP contribution in [-0.2, 0) is 4.79 Å². The minimum absolute atomic E-state index is 0.0556. The number of nitrogens with one attached hydrogen (secondary N) is 1. The Bertz CT molecular complexity index is 832. The van der Waals surface area contributed by atoms with E-state index in [4.69, 9.17) is 4.52 Å². The first-order valence-corrected chi connectivity index (χ1v) is 8.08. The van der Waals surface area contributed by atoms with Crippen LogP contribution in [-0.4, -0.2) is 43.9 Å². The maximum Gasteiger partial charge on any atom is 0.230 e. The van der Waals surface area contributed by atoms with E-state index in [-0.39, 0.29) is 11.8 Å². The van der Waals surface area contributed by atoms with Crippen molar-refractivity contribution in [1.29, 1.82) is 0 Å². The summed E-state index contributed by atoms with van der Waals surface area (Å²) in [5.41, 5.74) is 0. The summed E-state index contributed by atoms with van der Waals surface area (Å²) in [7, 11) is 0. The highest BCUT2D eigenvalue weighted by molar-refractivity contribution is 5.92. The number of amides is 1. The number of hydrogen-bond acceptors (Lipinski definition) is 7. The van der Waals surface area contributed by atoms with Gasteiger partial charge in [0, 0.05) is 37.6 Å². The molecule has 4 heterocycles. The Kier molecular flexibility index (Phi) is 4.11. The van der Waals surface area contributed by atoms with Crippen LogP contribution in [0.25, 0.3) is 5.82 Å². The van der Waals surface area contributed by atoms with Crippen molar-refractivity contribution >= 4 is 17.5 Å². The molecule has 1 aliphatic heterocycles. The molecule has 0 radical (unpaired) electrons. The van der Waals surface area contributed by atoms with E-state index in [0.29, 0.717) is 18.2 Å². The van der Waals surface area contributed by atoms with Gasteiger partial charge in [0.25, 0.3) is 0 Å². The van der Waals surface area contributed by atoms with E-state index < -0.39 is 0 Å². The van der Waals surface area contributed by atoms with E-state index >= 15 is 0 Å². The van der Waals surface area contributed by atoms with Crippen molar-refractivity contribution in [2.45, 2.75) is 12.8 Å². The summed E-state index contributed by atoms with van der Waals surface area (Å²) in [5, 5.41) is 10.7. The number of nitrogens with zero attached hydrogens (tertiary/aromatic N) is 6. The van der Waals surface area contributed by atoms with Crippen molar-refractivity contribution in [2.24, 2.45) is 5.92 Å². The molecule has 0 unspecified atom stereocenters. The SMILES string of the molecule is O=C(Nc1ccon1)[C@@H]1CCCN(c2cc(-n3cccn3)ncn2)C1. The van der Waals surface area contributed by atoms with Crippen molar-refractivity contribution < 1.29 is 9.32 Å². The molecule has 0 bridgehead atoms. The van der Waals surface area contributed by atoms with E-state index in [0.717, 1.165) is 25.2 Å². The van der Waals surface area contributed by atoms with Crippen LogP contribution in [0.15, 0.2) is 47.7 Å². The quantitative estimate of drug-likeness (QED) is 0.768. The summed E-state index contributed by atoms with van der Waals surface area (Å²) >= 11 is 0. The Balaban J connectivity index is 1.48. The van der Waals surface area contributed by atoms with Gasteiger partial charge in [0.1, 0.15) is 18.4 Å². The number of carbonyl (C=O) groups is 1. The molecule has 1 aliphatic rings. The molecule has 0 saturated carbocycles. The first-order valence-electron chi connectivity index (χ1n) is 8.08. The first-order chi connectivity index (χ1) is 12.3. The molecule has 1 saturated heterocycles. The largest absolute Gasteiger partial charge is 0.363 e. The average Bonchev–Trinajstić information content (AvgIpc) is 3.36. The molecular formula is C16H17N7O2. The van der Waals surface area contributed by atoms with E-state index in [2.05, 4.69) is 30.4 Å². The van der Waals surface area contributed by atoms with Gasteiger partial charge in [-0.05, 0) is 18.9 Å². The topological polar surface area (TPSA) is 102 Å². The number of aromatic nitrogens is 5. The second kappa shape index (κ2) is 6.71. The fourth-order valence-corrected chi connectivity index (χ4v) is 2.94. The molecular weight excluding hydrogens is 322 g/mol. The van der Waals surface area contributed by atoms with Gasteiger partial charge in [-0.2, -0.15) is 5.10 Å². The third-order valence-electron chi connectivity index (χ3n) is 4.18. The van der Waals surface area contributed by atoms with Gasteiger partial charge >= 0.3 is 0 Å². The van der Waals surface area contributed by atoms with Gasteiger partial charge in [0.15, 0.2) is 11.6 Å². The number of piperidine rings is 1. The molecule has 1 atom stereocenters. The fourth-order valence-electron chi connectivity index (χ4n) is 2.94. The Morgan fingerprint density at radius 3 is 3.04 bits per heavy atom. The number of anilines is 2. The van der Waals surface area contributed by atoms with Gasteiger partial charge in [-0.25, -0.2) is 14.6 Å². The molecule has 9 nitrogen and oxygen atoms in total. The van der Waals surface area contributed by atoms with Gasteiger partial charge in [0.2, 0.25) is 5.91 Å². The van der Waals surface area contributed by atoms with E-state index in [1.165, 1.54) is 12.6 Å². The third-order valence-corrected chi connectivity index (χ3v) is 4.18. The van der Waals surface area contributed by atoms with Crippen LogP contribution in [0.5, 0.6) is 0 Å². The molecule has 0 spiro atoms. The molecule has 1 fully saturated rings. The summed E-state index contributed by atoms with van der Waals surface area (Å²) in [5.74, 6) is 1.74. The third kappa shape index (κ3) is 3.35. The normalized spacial score (nSPS) is 17.4. The summed E-state index contributed by atoms with van der Waals surface area (Å²) in [6, 6.07) is 5.34. The molecule has 128 valence electrons. The van der Waals surface area contributed by atoms with Crippen LogP contribution in [0.4, 0.5) is 11.6 Å². The molecule has 0 aromatic carbocycles. The van der Waals surface area contributed by atoms with Gasteiger partial charge in [-0.1, -0.05) is 5.16 Å². The molecule has 1 N–H and O–H groups in total. The second-order valence-electron chi connectivity index (χ2n) is 5.84. The van der Waals surface area contributed by atoms with Crippen molar-refractivity contribution in [3.8, 4) is 5.82 Å². The van der Waals surface area contributed by atoms with E-state index in [1.54, 1.807) is 16.9 Å². The number of hydrogen-bond donors (Lipinski definition) is 1. The minimum atomic E-state index is -0.131. The predicted octanol–water partition coefficient (Wildman–Crippen LogP) is 1.51. The zero-order chi connectivity index (χ0) is 17.1. The lowest BCUT2D eigenvalue weighted by Crippen LogP contribution is -2.41. The molecule has 3 aromatic rings. The highest BCUT2D eigenvalue weighted by Gasteiger charge is 2.27. The van der Waals surface area contributed by atoms with Crippen LogP contribution in [0.1, 0.15) is 12.8 Å². The van der Waals surface area contributed by atoms with E-state index in [1.807, 2.05) is 18.3 Å². The standard InChI is InChI=1S/C16H17N7O2/c24-16(20-13-4-8-25-21-13)12-3-1-6-22(10-12)14-9-15(18-11-17-14)23-7-2-5-19-23/h2,4-5,7-9,11-12H,1,3,6,10H2,(H,20,21,24)/t12-/m1/s1. The Hall–Kier alpha value is -3.23. The second-order valence-corrected chi connectivity index (χ2v) is 5.84. The maximum atomic E-state index is 12.4. The van der Waals surface area contributed by atoms with Crippen LogP contribution >= 0.6 is 0 Å². The lowest BCUT2D eigenvalue weighted by molar-refractivity contribution is -0.120. The Labute approximate surface area is 143 Å². The number of carbonyl (C=O) groups excluding carboxylic acids is 1. The smallest absolute Gasteiger partial charge is 0.230 e. The Morgan fingerprint density at radius 2 is 2.24 bits per heavy atom. The van der Waals surface area contributed by atoms with Gasteiger partial charge in [-0.3, -0.25) is 4.79 Å². The van der Waals surface area contributed by atoms with Crippen molar-refractivity contribution in [3.63, 3.8) is 0 Å². The molecule has 0 aliphatic carbocycles. The zero-order valence-electron chi connectivity index (χ0n) is 13.4. The summed E-state index contributed by atoms with van der Waals surface area (Å²) in [6.07, 6.45) is 8.23. The minimum Gasteiger partial charge on any atom is -0.363 e. The lowest BCUT2D eigenvalue weighted by atomic mass is 9.97. The highest BCUT2D eigenvalue weighted by atomic mass is 16.5. The monoisotopic (exact) mass is 339 g/mol. The zero-order valence-corrected chi connectivity index (χ0v) is 13.4. The fraction of sp³-hybridized carbons (Fsp3) is 0.312. The van der Waals surface area contributed by atoms with Crippen LogP contribution < -0.4 is 10.2 Å². The van der Waals surface area contributed by atoms with Crippen molar-refractivity contribution in [3.05, 3.63) is 43.2 Å². The molecule has 25 heavy (non-hydrogen) atoms. The van der Waals surface area contributed by atoms with Gasteiger partial charge < -0.3 is 14.7 Å². The van der Waals surface area contributed by atoms with Crippen molar-refractivity contribution in [1.82, 2.24) is 24.9 Å². The van der Waals surface area contributed by atoms with Crippen LogP contribution in [0.2, 0.25) is 0 Å². The maximum absolute atomic E-state index is 12.4. The molecule has 4 rings (SSSR count). The molecule has 1 amide bonds. The van der Waals surface area contributed by atoms with E-state index in [9.17, 15) is 4.79 Å². The summed E-state index contributed by atoms with van der Waals surface area (Å²) in [4.78, 5) is 23.1. The Morgan fingerprint density at radius 1 is 1.32 bits per heavy atom. The highest BCUT2D eigenvalue weighted by Crippen LogP contribution is 2.23. The number of rotatable bonds is 4. The molecule has 3 aromatic heterocycles. The van der Waals surface area contributed by atoms with Crippen LogP contribution in [0, 0.1) is 5.92 Å². The first kappa shape index (κ1) is 15.3.